The SMILES string of the molecule is CC1CCC(O)(C#N)CN1C(=O)OC(C)(C)C. The number of carbonyl (C=O) groups excluding carboxylic acids is 1. The number of β-amino-alcohol motifs (C(OH)–C–C–N with tert-alkyl or cyclic N) is 1. The summed E-state index contributed by atoms with van der Waals surface area (Å²) >= 11 is 0. The number of nitrogens with zero attached hydrogens (tertiary/aromatic N) is 2. The molecule has 0 radical (unpaired) electrons. The summed E-state index contributed by atoms with van der Waals surface area (Å²) in [5.41, 5.74) is -2.01. The van der Waals surface area contributed by atoms with Gasteiger partial charge in [-0.25, -0.2) is 4.79 Å². The molecule has 17 heavy (non-hydrogen) atoms. The van der Waals surface area contributed by atoms with E-state index in [-0.39, 0.29) is 12.6 Å². The van der Waals surface area contributed by atoms with E-state index < -0.39 is 17.3 Å². The summed E-state index contributed by atoms with van der Waals surface area (Å²) < 4.78 is 5.25. The van der Waals surface area contributed by atoms with Gasteiger partial charge in [0.25, 0.3) is 0 Å². The average molecular weight is 240 g/mol. The third-order valence-corrected chi connectivity index (χ3v) is 2.78. The van der Waals surface area contributed by atoms with Gasteiger partial charge in [0, 0.05) is 6.04 Å². The number of piperidine rings is 1. The Labute approximate surface area is 102 Å². The first-order valence-corrected chi connectivity index (χ1v) is 5.80. The molecule has 2 unspecified atom stereocenters. The van der Waals surface area contributed by atoms with E-state index in [4.69, 9.17) is 10.00 Å². The summed E-state index contributed by atoms with van der Waals surface area (Å²) in [4.78, 5) is 13.3. The predicted octanol–water partition coefficient (Wildman–Crippen LogP) is 1.66. The van der Waals surface area contributed by atoms with Crippen LogP contribution in [0.15, 0.2) is 0 Å². The van der Waals surface area contributed by atoms with Crippen LogP contribution in [-0.2, 0) is 4.74 Å². The monoisotopic (exact) mass is 240 g/mol. The molecular formula is C12H20N2O3. The number of likely N-dealkylation sites (tertiary alicyclic amines) is 1. The Morgan fingerprint density at radius 1 is 1.59 bits per heavy atom. The molecule has 1 N–H and O–H groups in total. The van der Waals surface area contributed by atoms with Crippen molar-refractivity contribution in [3.63, 3.8) is 0 Å². The van der Waals surface area contributed by atoms with E-state index in [2.05, 4.69) is 0 Å². The molecule has 0 aliphatic carbocycles. The minimum Gasteiger partial charge on any atom is -0.444 e. The fraction of sp³-hybridized carbons (Fsp3) is 0.833. The van der Waals surface area contributed by atoms with Crippen molar-refractivity contribution in [2.75, 3.05) is 6.54 Å². The highest BCUT2D eigenvalue weighted by Gasteiger charge is 2.40. The van der Waals surface area contributed by atoms with Crippen LogP contribution in [0.2, 0.25) is 0 Å². The highest BCUT2D eigenvalue weighted by molar-refractivity contribution is 5.69. The third-order valence-electron chi connectivity index (χ3n) is 2.78. The Hall–Kier alpha value is -1.28. The lowest BCUT2D eigenvalue weighted by atomic mass is 9.91. The molecule has 5 heteroatoms. The molecule has 0 aromatic heterocycles. The number of ether oxygens (including phenoxy) is 1. The van der Waals surface area contributed by atoms with Gasteiger partial charge in [0.2, 0.25) is 0 Å². The zero-order valence-corrected chi connectivity index (χ0v) is 10.9. The van der Waals surface area contributed by atoms with Crippen molar-refractivity contribution in [2.24, 2.45) is 0 Å². The van der Waals surface area contributed by atoms with Gasteiger partial charge in [0.15, 0.2) is 5.60 Å². The molecule has 96 valence electrons. The molecule has 0 saturated carbocycles. The lowest BCUT2D eigenvalue weighted by molar-refractivity contribution is -0.0316. The van der Waals surface area contributed by atoms with Gasteiger partial charge >= 0.3 is 6.09 Å². The van der Waals surface area contributed by atoms with Crippen LogP contribution in [0.5, 0.6) is 0 Å². The number of hydrogen-bond donors (Lipinski definition) is 1. The Balaban J connectivity index is 2.75. The van der Waals surface area contributed by atoms with E-state index in [1.54, 1.807) is 20.8 Å². The summed E-state index contributed by atoms with van der Waals surface area (Å²) in [6.07, 6.45) is 0.520. The van der Waals surface area contributed by atoms with Crippen molar-refractivity contribution in [3.05, 3.63) is 0 Å². The van der Waals surface area contributed by atoms with Gasteiger partial charge in [-0.05, 0) is 40.5 Å². The molecule has 1 saturated heterocycles. The molecule has 0 aromatic carbocycles. The second-order valence-corrected chi connectivity index (χ2v) is 5.64. The van der Waals surface area contributed by atoms with E-state index in [0.717, 1.165) is 0 Å². The van der Waals surface area contributed by atoms with Crippen LogP contribution in [0.25, 0.3) is 0 Å². The third kappa shape index (κ3) is 3.60. The number of nitriles is 1. The highest BCUT2D eigenvalue weighted by Crippen LogP contribution is 2.26. The molecule has 1 heterocycles. The van der Waals surface area contributed by atoms with E-state index in [1.165, 1.54) is 4.90 Å². The van der Waals surface area contributed by atoms with Gasteiger partial charge in [-0.15, -0.1) is 0 Å². The van der Waals surface area contributed by atoms with E-state index in [1.807, 2.05) is 13.0 Å². The molecule has 1 aliphatic heterocycles. The van der Waals surface area contributed by atoms with Crippen molar-refractivity contribution >= 4 is 6.09 Å². The van der Waals surface area contributed by atoms with Crippen LogP contribution in [-0.4, -0.2) is 39.9 Å². The first-order chi connectivity index (χ1) is 7.67. The number of aliphatic hydroxyl groups is 1. The number of carbonyl (C=O) groups is 1. The number of hydrogen-bond acceptors (Lipinski definition) is 4. The summed E-state index contributed by atoms with van der Waals surface area (Å²) in [6.45, 7) is 7.27. The zero-order valence-electron chi connectivity index (χ0n) is 10.9. The standard InChI is InChI=1S/C12H20N2O3/c1-9-5-6-12(16,7-13)8-14(9)10(15)17-11(2,3)4/h9,16H,5-6,8H2,1-4H3. The average Bonchev–Trinajstić information content (AvgIpc) is 2.19. The Kier molecular flexibility index (Phi) is 3.68. The van der Waals surface area contributed by atoms with E-state index in [9.17, 15) is 9.90 Å². The van der Waals surface area contributed by atoms with Crippen molar-refractivity contribution in [1.29, 1.82) is 5.26 Å². The van der Waals surface area contributed by atoms with Crippen LogP contribution in [0.4, 0.5) is 4.79 Å². The highest BCUT2D eigenvalue weighted by atomic mass is 16.6. The number of amides is 1. The van der Waals surface area contributed by atoms with Crippen molar-refractivity contribution < 1.29 is 14.6 Å². The fourth-order valence-electron chi connectivity index (χ4n) is 1.78. The summed E-state index contributed by atoms with van der Waals surface area (Å²) in [5.74, 6) is 0. The maximum absolute atomic E-state index is 11.9. The van der Waals surface area contributed by atoms with Gasteiger partial charge in [-0.3, -0.25) is 0 Å². The molecule has 2 atom stereocenters. The fourth-order valence-corrected chi connectivity index (χ4v) is 1.78. The van der Waals surface area contributed by atoms with Crippen molar-refractivity contribution in [1.82, 2.24) is 4.90 Å². The van der Waals surface area contributed by atoms with Crippen molar-refractivity contribution in [3.8, 4) is 6.07 Å². The summed E-state index contributed by atoms with van der Waals surface area (Å²) in [6, 6.07) is 1.84. The normalized spacial score (nSPS) is 29.6. The lowest BCUT2D eigenvalue weighted by Gasteiger charge is -2.40. The molecule has 0 aromatic rings. The number of rotatable bonds is 0. The van der Waals surface area contributed by atoms with E-state index in [0.29, 0.717) is 12.8 Å². The summed E-state index contributed by atoms with van der Waals surface area (Å²) in [7, 11) is 0. The molecule has 1 aliphatic rings. The molecule has 1 fully saturated rings. The lowest BCUT2D eigenvalue weighted by Crippen LogP contribution is -2.54. The van der Waals surface area contributed by atoms with Gasteiger partial charge in [0.1, 0.15) is 5.60 Å². The second kappa shape index (κ2) is 4.53. The first-order valence-electron chi connectivity index (χ1n) is 5.80. The van der Waals surface area contributed by atoms with Gasteiger partial charge in [-0.1, -0.05) is 0 Å². The Bertz CT molecular complexity index is 343. The largest absolute Gasteiger partial charge is 0.444 e. The predicted molar refractivity (Wildman–Crippen MR) is 62.2 cm³/mol. The molecule has 5 nitrogen and oxygen atoms in total. The van der Waals surface area contributed by atoms with Crippen LogP contribution < -0.4 is 0 Å². The Morgan fingerprint density at radius 2 is 2.18 bits per heavy atom. The van der Waals surface area contributed by atoms with Crippen LogP contribution in [0.3, 0.4) is 0 Å². The van der Waals surface area contributed by atoms with E-state index >= 15 is 0 Å². The molecule has 1 amide bonds. The minimum atomic E-state index is -1.44. The topological polar surface area (TPSA) is 73.6 Å². The Morgan fingerprint density at radius 3 is 2.65 bits per heavy atom. The maximum Gasteiger partial charge on any atom is 0.410 e. The van der Waals surface area contributed by atoms with Crippen LogP contribution >= 0.6 is 0 Å². The maximum atomic E-state index is 11.9. The van der Waals surface area contributed by atoms with Gasteiger partial charge in [0.05, 0.1) is 12.6 Å². The quantitative estimate of drug-likeness (QED) is 0.653. The molecular weight excluding hydrogens is 220 g/mol. The first kappa shape index (κ1) is 13.8. The smallest absolute Gasteiger partial charge is 0.410 e. The van der Waals surface area contributed by atoms with Gasteiger partial charge in [-0.2, -0.15) is 5.26 Å². The molecule has 0 spiro atoms. The van der Waals surface area contributed by atoms with Crippen molar-refractivity contribution in [2.45, 2.75) is 57.8 Å². The zero-order chi connectivity index (χ0) is 13.3. The van der Waals surface area contributed by atoms with Crippen LogP contribution in [0.1, 0.15) is 40.5 Å². The molecule has 0 bridgehead atoms. The van der Waals surface area contributed by atoms with Crippen LogP contribution in [0, 0.1) is 11.3 Å². The summed E-state index contributed by atoms with van der Waals surface area (Å²) in [5, 5.41) is 18.8. The second-order valence-electron chi connectivity index (χ2n) is 5.64. The molecule has 1 rings (SSSR count). The van der Waals surface area contributed by atoms with Gasteiger partial charge < -0.3 is 14.7 Å². The minimum absolute atomic E-state index is 0.0135.